The number of hydrogen-bond donors (Lipinski definition) is 2. The Morgan fingerprint density at radius 3 is 2.53 bits per heavy atom. The average Bonchev–Trinajstić information content (AvgIpc) is 2.83. The molecule has 4 amide bonds. The largest absolute Gasteiger partial charge is 0.497 e. The second-order valence-electron chi connectivity index (χ2n) is 8.46. The van der Waals surface area contributed by atoms with Crippen LogP contribution in [0.15, 0.2) is 54.6 Å². The maximum atomic E-state index is 13.0. The van der Waals surface area contributed by atoms with E-state index in [0.717, 1.165) is 16.9 Å². The van der Waals surface area contributed by atoms with Gasteiger partial charge in [0.1, 0.15) is 5.75 Å². The fraction of sp³-hybridized carbons (Fsp3) is 0.400. The van der Waals surface area contributed by atoms with Crippen molar-refractivity contribution in [3.05, 3.63) is 65.7 Å². The van der Waals surface area contributed by atoms with Crippen molar-refractivity contribution in [1.82, 2.24) is 15.5 Å². The number of benzene rings is 2. The summed E-state index contributed by atoms with van der Waals surface area (Å²) in [5.74, 6) is 0.153. The number of ether oxygens (including phenoxy) is 1. The molecule has 3 unspecified atom stereocenters. The third-order valence-corrected chi connectivity index (χ3v) is 6.45. The fourth-order valence-electron chi connectivity index (χ4n) is 4.57. The van der Waals surface area contributed by atoms with Crippen LogP contribution in [0.25, 0.3) is 0 Å². The van der Waals surface area contributed by atoms with Crippen LogP contribution in [0, 0.1) is 11.8 Å². The zero-order valence-corrected chi connectivity index (χ0v) is 18.3. The van der Waals surface area contributed by atoms with E-state index in [9.17, 15) is 14.4 Å². The van der Waals surface area contributed by atoms with Gasteiger partial charge in [0.15, 0.2) is 0 Å². The van der Waals surface area contributed by atoms with Crippen LogP contribution in [-0.2, 0) is 22.6 Å². The molecule has 0 spiro atoms. The SMILES string of the molecule is COc1ccc(CNC(=O)C2CCC3C(=O)N(CCc4ccccc4)C(=O)NC3C2)cc1. The lowest BCUT2D eigenvalue weighted by atomic mass is 9.76. The summed E-state index contributed by atoms with van der Waals surface area (Å²) in [6, 6.07) is 16.7. The molecule has 2 aromatic carbocycles. The fourth-order valence-corrected chi connectivity index (χ4v) is 4.57. The van der Waals surface area contributed by atoms with Gasteiger partial charge in [0.05, 0.1) is 13.0 Å². The Morgan fingerprint density at radius 2 is 1.81 bits per heavy atom. The van der Waals surface area contributed by atoms with Crippen LogP contribution in [0.1, 0.15) is 30.4 Å². The molecule has 2 aromatic rings. The molecule has 3 atom stereocenters. The zero-order valence-electron chi connectivity index (χ0n) is 18.3. The summed E-state index contributed by atoms with van der Waals surface area (Å²) >= 11 is 0. The molecule has 7 heteroatoms. The van der Waals surface area contributed by atoms with Crippen LogP contribution in [0.4, 0.5) is 4.79 Å². The summed E-state index contributed by atoms with van der Waals surface area (Å²) in [5, 5.41) is 5.96. The predicted molar refractivity (Wildman–Crippen MR) is 120 cm³/mol. The molecule has 0 radical (unpaired) electrons. The number of methoxy groups -OCH3 is 1. The highest BCUT2D eigenvalue weighted by Gasteiger charge is 2.45. The van der Waals surface area contributed by atoms with Gasteiger partial charge in [-0.3, -0.25) is 14.5 Å². The minimum absolute atomic E-state index is 0.0347. The van der Waals surface area contributed by atoms with Gasteiger partial charge in [0.25, 0.3) is 0 Å². The molecule has 1 saturated heterocycles. The van der Waals surface area contributed by atoms with Crippen molar-refractivity contribution < 1.29 is 19.1 Å². The Bertz CT molecular complexity index is 961. The topological polar surface area (TPSA) is 87.7 Å². The summed E-state index contributed by atoms with van der Waals surface area (Å²) in [5.41, 5.74) is 2.08. The predicted octanol–water partition coefficient (Wildman–Crippen LogP) is 2.89. The summed E-state index contributed by atoms with van der Waals surface area (Å²) in [4.78, 5) is 39.6. The molecule has 1 aliphatic carbocycles. The number of carbonyl (C=O) groups excluding carboxylic acids is 3. The summed E-state index contributed by atoms with van der Waals surface area (Å²) < 4.78 is 5.15. The number of fused-ring (bicyclic) bond motifs is 1. The van der Waals surface area contributed by atoms with E-state index < -0.39 is 0 Å². The highest BCUT2D eigenvalue weighted by molar-refractivity contribution is 5.99. The lowest BCUT2D eigenvalue weighted by Gasteiger charge is -2.42. The van der Waals surface area contributed by atoms with Crippen molar-refractivity contribution in [3.63, 3.8) is 0 Å². The summed E-state index contributed by atoms with van der Waals surface area (Å²) in [6.45, 7) is 0.801. The van der Waals surface area contributed by atoms with Crippen molar-refractivity contribution in [3.8, 4) is 5.75 Å². The number of urea groups is 1. The molecule has 0 aromatic heterocycles. The van der Waals surface area contributed by atoms with E-state index in [0.29, 0.717) is 38.8 Å². The monoisotopic (exact) mass is 435 g/mol. The third kappa shape index (κ3) is 4.93. The Kier molecular flexibility index (Phi) is 6.73. The second kappa shape index (κ2) is 9.85. The van der Waals surface area contributed by atoms with Gasteiger partial charge in [-0.1, -0.05) is 42.5 Å². The smallest absolute Gasteiger partial charge is 0.324 e. The van der Waals surface area contributed by atoms with Crippen molar-refractivity contribution >= 4 is 17.8 Å². The van der Waals surface area contributed by atoms with Crippen LogP contribution in [0.2, 0.25) is 0 Å². The Balaban J connectivity index is 1.30. The molecule has 2 fully saturated rings. The van der Waals surface area contributed by atoms with Crippen LogP contribution >= 0.6 is 0 Å². The molecule has 2 N–H and O–H groups in total. The first-order chi connectivity index (χ1) is 15.5. The minimum Gasteiger partial charge on any atom is -0.497 e. The normalized spacial score (nSPS) is 22.7. The van der Waals surface area contributed by atoms with Crippen LogP contribution < -0.4 is 15.4 Å². The first-order valence-corrected chi connectivity index (χ1v) is 11.1. The zero-order chi connectivity index (χ0) is 22.5. The van der Waals surface area contributed by atoms with Crippen molar-refractivity contribution in [2.75, 3.05) is 13.7 Å². The molecule has 1 heterocycles. The molecule has 1 aliphatic heterocycles. The van der Waals surface area contributed by atoms with E-state index in [1.165, 1.54) is 4.90 Å². The molecular formula is C25H29N3O4. The van der Waals surface area contributed by atoms with Gasteiger partial charge >= 0.3 is 6.03 Å². The number of hydrogen-bond acceptors (Lipinski definition) is 4. The van der Waals surface area contributed by atoms with Crippen LogP contribution in [0.3, 0.4) is 0 Å². The van der Waals surface area contributed by atoms with Crippen LogP contribution in [0.5, 0.6) is 5.75 Å². The summed E-state index contributed by atoms with van der Waals surface area (Å²) in [7, 11) is 1.62. The first-order valence-electron chi connectivity index (χ1n) is 11.1. The Hall–Kier alpha value is -3.35. The Labute approximate surface area is 188 Å². The molecule has 7 nitrogen and oxygen atoms in total. The molecule has 0 bridgehead atoms. The lowest BCUT2D eigenvalue weighted by Crippen LogP contribution is -2.62. The van der Waals surface area contributed by atoms with E-state index in [4.69, 9.17) is 4.74 Å². The van der Waals surface area contributed by atoms with Crippen molar-refractivity contribution in [2.24, 2.45) is 11.8 Å². The van der Waals surface area contributed by atoms with Gasteiger partial charge < -0.3 is 15.4 Å². The maximum absolute atomic E-state index is 13.0. The second-order valence-corrected chi connectivity index (χ2v) is 8.46. The molecule has 1 saturated carbocycles. The molecule has 168 valence electrons. The van der Waals surface area contributed by atoms with E-state index in [1.807, 2.05) is 54.6 Å². The highest BCUT2D eigenvalue weighted by Crippen LogP contribution is 2.33. The quantitative estimate of drug-likeness (QED) is 0.700. The first kappa shape index (κ1) is 21.9. The van der Waals surface area contributed by atoms with E-state index in [1.54, 1.807) is 7.11 Å². The standard InChI is InChI=1S/C25H29N3O4/c1-32-20-10-7-18(8-11-20)16-26-23(29)19-9-12-21-22(15-19)27-25(31)28(24(21)30)14-13-17-5-3-2-4-6-17/h2-8,10-11,19,21-22H,9,12-16H2,1H3,(H,26,29)(H,27,31). The van der Waals surface area contributed by atoms with Crippen molar-refractivity contribution in [1.29, 1.82) is 0 Å². The average molecular weight is 436 g/mol. The summed E-state index contributed by atoms with van der Waals surface area (Å²) in [6.07, 6.45) is 2.37. The molecule has 2 aliphatic rings. The number of rotatable bonds is 7. The molecular weight excluding hydrogens is 406 g/mol. The number of nitrogens with zero attached hydrogens (tertiary/aromatic N) is 1. The molecule has 32 heavy (non-hydrogen) atoms. The number of nitrogens with one attached hydrogen (secondary N) is 2. The minimum atomic E-state index is -0.355. The third-order valence-electron chi connectivity index (χ3n) is 6.45. The lowest BCUT2D eigenvalue weighted by molar-refractivity contribution is -0.139. The van der Waals surface area contributed by atoms with Gasteiger partial charge in [-0.15, -0.1) is 0 Å². The Morgan fingerprint density at radius 1 is 1.06 bits per heavy atom. The van der Waals surface area contributed by atoms with Crippen LogP contribution in [-0.4, -0.2) is 42.4 Å². The highest BCUT2D eigenvalue weighted by atomic mass is 16.5. The van der Waals surface area contributed by atoms with Gasteiger partial charge in [0.2, 0.25) is 11.8 Å². The molecule has 4 rings (SSSR count). The number of imide groups is 1. The van der Waals surface area contributed by atoms with Gasteiger partial charge in [-0.25, -0.2) is 4.79 Å². The van der Waals surface area contributed by atoms with E-state index >= 15 is 0 Å². The maximum Gasteiger partial charge on any atom is 0.324 e. The number of carbonyl (C=O) groups is 3. The van der Waals surface area contributed by atoms with E-state index in [-0.39, 0.29) is 35.7 Å². The van der Waals surface area contributed by atoms with Crippen molar-refractivity contribution in [2.45, 2.75) is 38.3 Å². The number of amides is 4. The van der Waals surface area contributed by atoms with Gasteiger partial charge in [-0.05, 0) is 48.9 Å². The van der Waals surface area contributed by atoms with E-state index in [2.05, 4.69) is 10.6 Å². The van der Waals surface area contributed by atoms with Gasteiger partial charge in [-0.2, -0.15) is 0 Å². The van der Waals surface area contributed by atoms with Gasteiger partial charge in [0, 0.05) is 25.0 Å².